The van der Waals surface area contributed by atoms with Crippen molar-refractivity contribution in [2.24, 2.45) is 10.8 Å². The van der Waals surface area contributed by atoms with Crippen LogP contribution in [0.4, 0.5) is 0 Å². The summed E-state index contributed by atoms with van der Waals surface area (Å²) in [6, 6.07) is 9.41. The Morgan fingerprint density at radius 1 is 1.14 bits per heavy atom. The number of thiophene rings is 1. The van der Waals surface area contributed by atoms with Crippen LogP contribution in [-0.4, -0.2) is 53.4 Å². The molecule has 1 aromatic carbocycles. The number of nitrogens with zero attached hydrogens (tertiary/aromatic N) is 6. The Labute approximate surface area is 206 Å². The molecule has 3 aromatic heterocycles. The van der Waals surface area contributed by atoms with Crippen LogP contribution in [-0.2, 0) is 16.1 Å². The smallest absolute Gasteiger partial charge is 0.264 e. The zero-order valence-corrected chi connectivity index (χ0v) is 20.4. The molecule has 4 aromatic rings. The maximum absolute atomic E-state index is 13.5. The van der Waals surface area contributed by atoms with Gasteiger partial charge in [0.25, 0.3) is 23.3 Å². The van der Waals surface area contributed by atoms with Crippen LogP contribution >= 0.6 is 23.1 Å². The third-order valence-corrected chi connectivity index (χ3v) is 7.74. The fourth-order valence-corrected chi connectivity index (χ4v) is 5.91. The first-order chi connectivity index (χ1) is 16.8. The van der Waals surface area contributed by atoms with Gasteiger partial charge >= 0.3 is 0 Å². The molecule has 0 atom stereocenters. The summed E-state index contributed by atoms with van der Waals surface area (Å²) in [5, 5.41) is 14.0. The molecule has 0 aliphatic carbocycles. The predicted molar refractivity (Wildman–Crippen MR) is 132 cm³/mol. The minimum atomic E-state index is -0.635. The number of aromatic nitrogens is 4. The molecule has 13 heteroatoms. The number of aryl methyl sites for hydroxylation is 1. The molecule has 2 N–H and O–H groups in total. The lowest BCUT2D eigenvalue weighted by Crippen LogP contribution is -2.30. The summed E-state index contributed by atoms with van der Waals surface area (Å²) in [7, 11) is 0. The van der Waals surface area contributed by atoms with Crippen LogP contribution in [0.3, 0.4) is 0 Å². The van der Waals surface area contributed by atoms with Crippen molar-refractivity contribution in [3.63, 3.8) is 0 Å². The summed E-state index contributed by atoms with van der Waals surface area (Å²) in [4.78, 5) is 50.9. The van der Waals surface area contributed by atoms with Crippen LogP contribution in [0.2, 0.25) is 0 Å². The SMILES string of the molecule is CC1=NN(C(=O)CSc2nnc3n(Cc4ccccc4)c(=O)c4c(C)c(C(N)=O)sc4n23)C(=O)C1. The van der Waals surface area contributed by atoms with Crippen molar-refractivity contribution in [1.82, 2.24) is 24.2 Å². The summed E-state index contributed by atoms with van der Waals surface area (Å²) in [5.41, 5.74) is 7.19. The monoisotopic (exact) mass is 509 g/mol. The van der Waals surface area contributed by atoms with Gasteiger partial charge in [-0.2, -0.15) is 10.1 Å². The number of imide groups is 1. The first-order valence-electron chi connectivity index (χ1n) is 10.5. The van der Waals surface area contributed by atoms with E-state index in [9.17, 15) is 19.2 Å². The van der Waals surface area contributed by atoms with Crippen molar-refractivity contribution < 1.29 is 14.4 Å². The molecule has 0 fully saturated rings. The fraction of sp³-hybridized carbons (Fsp3) is 0.227. The van der Waals surface area contributed by atoms with E-state index in [0.717, 1.165) is 33.7 Å². The van der Waals surface area contributed by atoms with E-state index in [0.29, 0.717) is 26.6 Å². The first kappa shape index (κ1) is 22.9. The number of amides is 3. The summed E-state index contributed by atoms with van der Waals surface area (Å²) in [6.07, 6.45) is 0.112. The van der Waals surface area contributed by atoms with Crippen molar-refractivity contribution in [3.8, 4) is 0 Å². The number of thioether (sulfide) groups is 1. The zero-order chi connectivity index (χ0) is 24.9. The molecular formula is C22H19N7O4S2. The number of benzene rings is 1. The number of carbonyl (C=O) groups is 3. The summed E-state index contributed by atoms with van der Waals surface area (Å²) in [5.74, 6) is -1.34. The third kappa shape index (κ3) is 3.91. The van der Waals surface area contributed by atoms with Gasteiger partial charge in [0.2, 0.25) is 5.78 Å². The van der Waals surface area contributed by atoms with Gasteiger partial charge in [-0.3, -0.25) is 23.7 Å². The highest BCUT2D eigenvalue weighted by Crippen LogP contribution is 2.31. The van der Waals surface area contributed by atoms with E-state index in [4.69, 9.17) is 5.73 Å². The first-order valence-corrected chi connectivity index (χ1v) is 12.3. The molecule has 3 amide bonds. The Balaban J connectivity index is 1.63. The van der Waals surface area contributed by atoms with Gasteiger partial charge in [-0.25, -0.2) is 4.40 Å². The van der Waals surface area contributed by atoms with Crippen molar-refractivity contribution in [3.05, 3.63) is 56.7 Å². The molecule has 0 spiro atoms. The van der Waals surface area contributed by atoms with Crippen molar-refractivity contribution in [2.75, 3.05) is 5.75 Å². The van der Waals surface area contributed by atoms with Gasteiger partial charge in [-0.05, 0) is 25.0 Å². The molecule has 0 unspecified atom stereocenters. The summed E-state index contributed by atoms with van der Waals surface area (Å²) < 4.78 is 3.14. The van der Waals surface area contributed by atoms with E-state index in [1.165, 1.54) is 4.57 Å². The van der Waals surface area contributed by atoms with E-state index in [-0.39, 0.29) is 40.8 Å². The largest absolute Gasteiger partial charge is 0.365 e. The number of primary amides is 1. The van der Waals surface area contributed by atoms with Gasteiger partial charge in [-0.15, -0.1) is 21.5 Å². The molecular weight excluding hydrogens is 490 g/mol. The Morgan fingerprint density at radius 2 is 1.89 bits per heavy atom. The minimum absolute atomic E-state index is 0.112. The van der Waals surface area contributed by atoms with Gasteiger partial charge in [0, 0.05) is 5.71 Å². The second-order valence-corrected chi connectivity index (χ2v) is 9.94. The van der Waals surface area contributed by atoms with Gasteiger partial charge in [-0.1, -0.05) is 42.1 Å². The fourth-order valence-electron chi connectivity index (χ4n) is 3.92. The molecule has 35 heavy (non-hydrogen) atoms. The molecule has 178 valence electrons. The molecule has 0 radical (unpaired) electrons. The number of hydrogen-bond donors (Lipinski definition) is 1. The van der Waals surface area contributed by atoms with Gasteiger partial charge in [0.15, 0.2) is 5.16 Å². The van der Waals surface area contributed by atoms with Gasteiger partial charge in [0.1, 0.15) is 4.83 Å². The van der Waals surface area contributed by atoms with Gasteiger partial charge < -0.3 is 5.73 Å². The van der Waals surface area contributed by atoms with Crippen LogP contribution in [0.15, 0.2) is 45.4 Å². The predicted octanol–water partition coefficient (Wildman–Crippen LogP) is 1.79. The van der Waals surface area contributed by atoms with Crippen molar-refractivity contribution in [2.45, 2.75) is 32.0 Å². The normalized spacial score (nSPS) is 13.7. The number of rotatable bonds is 6. The van der Waals surface area contributed by atoms with E-state index in [2.05, 4.69) is 15.3 Å². The lowest BCUT2D eigenvalue weighted by molar-refractivity contribution is -0.141. The van der Waals surface area contributed by atoms with E-state index >= 15 is 0 Å². The van der Waals surface area contributed by atoms with Crippen LogP contribution in [0, 0.1) is 6.92 Å². The quantitative estimate of drug-likeness (QED) is 0.390. The number of hydrogen-bond acceptors (Lipinski definition) is 9. The number of nitrogens with two attached hydrogens (primary N) is 1. The second kappa shape index (κ2) is 8.74. The number of fused-ring (bicyclic) bond motifs is 3. The van der Waals surface area contributed by atoms with E-state index in [1.807, 2.05) is 30.3 Å². The standard InChI is InChI=1S/C22H19N7O4S2/c1-11-8-14(30)29(26-11)15(31)10-34-22-25-24-21-27(9-13-6-4-3-5-7-13)19(33)16-12(2)17(18(23)32)35-20(16)28(21)22/h3-7H,8-10H2,1-2H3,(H2,23,32). The van der Waals surface area contributed by atoms with Gasteiger partial charge in [0.05, 0.1) is 29.0 Å². The molecule has 0 saturated heterocycles. The topological polar surface area (TPSA) is 145 Å². The molecule has 0 saturated carbocycles. The molecule has 1 aliphatic rings. The maximum Gasteiger partial charge on any atom is 0.264 e. The van der Waals surface area contributed by atoms with Crippen LogP contribution < -0.4 is 11.3 Å². The lowest BCUT2D eigenvalue weighted by atomic mass is 10.2. The Hall–Kier alpha value is -3.84. The molecule has 1 aliphatic heterocycles. The molecule has 5 rings (SSSR count). The Morgan fingerprint density at radius 3 is 2.54 bits per heavy atom. The summed E-state index contributed by atoms with van der Waals surface area (Å²) in [6.45, 7) is 3.60. The molecule has 0 bridgehead atoms. The highest BCUT2D eigenvalue weighted by atomic mass is 32.2. The second-order valence-electron chi connectivity index (χ2n) is 8.00. The average molecular weight is 510 g/mol. The zero-order valence-electron chi connectivity index (χ0n) is 18.7. The lowest BCUT2D eigenvalue weighted by Gasteiger charge is -2.11. The summed E-state index contributed by atoms with van der Waals surface area (Å²) >= 11 is 2.15. The number of hydrazone groups is 1. The van der Waals surface area contributed by atoms with Crippen molar-refractivity contribution >= 4 is 62.5 Å². The van der Waals surface area contributed by atoms with Crippen LogP contribution in [0.25, 0.3) is 16.0 Å². The molecule has 11 nitrogen and oxygen atoms in total. The maximum atomic E-state index is 13.5. The Bertz CT molecular complexity index is 1620. The third-order valence-electron chi connectivity index (χ3n) is 5.53. The van der Waals surface area contributed by atoms with Crippen LogP contribution in [0.5, 0.6) is 0 Å². The Kier molecular flexibility index (Phi) is 5.73. The highest BCUT2D eigenvalue weighted by Gasteiger charge is 2.29. The van der Waals surface area contributed by atoms with E-state index < -0.39 is 11.8 Å². The highest BCUT2D eigenvalue weighted by molar-refractivity contribution is 7.99. The van der Waals surface area contributed by atoms with Crippen molar-refractivity contribution in [1.29, 1.82) is 0 Å². The van der Waals surface area contributed by atoms with Crippen LogP contribution in [0.1, 0.15) is 34.1 Å². The average Bonchev–Trinajstić information content (AvgIpc) is 3.50. The van der Waals surface area contributed by atoms with E-state index in [1.54, 1.807) is 18.2 Å². The number of carbonyl (C=O) groups excluding carboxylic acids is 3. The minimum Gasteiger partial charge on any atom is -0.365 e. The molecule has 4 heterocycles.